The lowest BCUT2D eigenvalue weighted by molar-refractivity contribution is 0.0491. The Hall–Kier alpha value is -1.69. The average Bonchev–Trinajstić information content (AvgIpc) is 3.04. The molecule has 0 radical (unpaired) electrons. The highest BCUT2D eigenvalue weighted by atomic mass is 16.3. The summed E-state index contributed by atoms with van der Waals surface area (Å²) in [6.45, 7) is 3.58. The molecule has 0 spiro atoms. The second-order valence-corrected chi connectivity index (χ2v) is 6.07. The van der Waals surface area contributed by atoms with E-state index in [-0.39, 0.29) is 12.1 Å². The van der Waals surface area contributed by atoms with Crippen molar-refractivity contribution < 1.29 is 5.11 Å². The zero-order valence-electron chi connectivity index (χ0n) is 13.0. The van der Waals surface area contributed by atoms with Gasteiger partial charge in [-0.25, -0.2) is 4.98 Å². The fraction of sp³-hybridized carbons (Fsp3) is 0.471. The largest absolute Gasteiger partial charge is 0.391 e. The summed E-state index contributed by atoms with van der Waals surface area (Å²) in [5.74, 6) is 1.00. The zero-order valence-corrected chi connectivity index (χ0v) is 13.0. The Bertz CT molecular complexity index is 557. The van der Waals surface area contributed by atoms with Gasteiger partial charge < -0.3 is 10.1 Å². The van der Waals surface area contributed by atoms with Gasteiger partial charge in [-0.3, -0.25) is 9.80 Å². The summed E-state index contributed by atoms with van der Waals surface area (Å²) in [5, 5.41) is 10.4. The van der Waals surface area contributed by atoms with Gasteiger partial charge in [-0.2, -0.15) is 0 Å². The van der Waals surface area contributed by atoms with Gasteiger partial charge in [-0.15, -0.1) is 0 Å². The molecule has 1 fully saturated rings. The number of H-pyrrole nitrogens is 1. The summed E-state index contributed by atoms with van der Waals surface area (Å²) in [4.78, 5) is 12.2. The maximum atomic E-state index is 10.4. The first kappa shape index (κ1) is 15.2. The monoisotopic (exact) mass is 300 g/mol. The van der Waals surface area contributed by atoms with Crippen LogP contribution in [0.2, 0.25) is 0 Å². The minimum absolute atomic E-state index is 0.271. The molecule has 1 aliphatic rings. The van der Waals surface area contributed by atoms with Crippen LogP contribution in [0.4, 0.5) is 0 Å². The molecule has 1 aliphatic heterocycles. The smallest absolute Gasteiger partial charge is 0.124 e. The number of imidazole rings is 1. The van der Waals surface area contributed by atoms with Crippen LogP contribution in [0.5, 0.6) is 0 Å². The number of aromatic nitrogens is 2. The molecule has 2 heterocycles. The Kier molecular flexibility index (Phi) is 4.87. The van der Waals surface area contributed by atoms with Gasteiger partial charge in [0.2, 0.25) is 0 Å². The number of hydrogen-bond donors (Lipinski definition) is 2. The molecule has 1 unspecified atom stereocenters. The van der Waals surface area contributed by atoms with E-state index in [1.807, 2.05) is 24.4 Å². The van der Waals surface area contributed by atoms with E-state index in [2.05, 4.69) is 38.9 Å². The summed E-state index contributed by atoms with van der Waals surface area (Å²) in [7, 11) is 2.13. The van der Waals surface area contributed by atoms with Crippen LogP contribution < -0.4 is 0 Å². The van der Waals surface area contributed by atoms with Crippen LogP contribution in [-0.4, -0.2) is 64.2 Å². The highest BCUT2D eigenvalue weighted by Gasteiger charge is 2.28. The van der Waals surface area contributed by atoms with E-state index in [1.54, 1.807) is 6.20 Å². The van der Waals surface area contributed by atoms with Crippen molar-refractivity contribution in [3.8, 4) is 0 Å². The molecule has 1 aromatic heterocycles. The fourth-order valence-electron chi connectivity index (χ4n) is 3.10. The lowest BCUT2D eigenvalue weighted by Crippen LogP contribution is -2.49. The van der Waals surface area contributed by atoms with Gasteiger partial charge in [-0.05, 0) is 19.0 Å². The Balaban J connectivity index is 1.56. The maximum absolute atomic E-state index is 10.4. The molecular formula is C17H24N4O. The van der Waals surface area contributed by atoms with Crippen molar-refractivity contribution >= 4 is 0 Å². The third-order valence-electron chi connectivity index (χ3n) is 4.35. The fourth-order valence-corrected chi connectivity index (χ4v) is 3.10. The number of nitrogens with zero attached hydrogens (tertiary/aromatic N) is 3. The molecule has 3 rings (SSSR count). The number of benzene rings is 1. The van der Waals surface area contributed by atoms with Crippen molar-refractivity contribution in [2.45, 2.75) is 18.6 Å². The summed E-state index contributed by atoms with van der Waals surface area (Å²) >= 11 is 0. The highest BCUT2D eigenvalue weighted by molar-refractivity contribution is 5.15. The third kappa shape index (κ3) is 3.74. The summed E-state index contributed by atoms with van der Waals surface area (Å²) in [6.07, 6.45) is 4.04. The van der Waals surface area contributed by atoms with Crippen LogP contribution >= 0.6 is 0 Å². The Morgan fingerprint density at radius 2 is 2.14 bits per heavy atom. The number of hydrogen-bond acceptors (Lipinski definition) is 4. The molecule has 2 atom stereocenters. The molecule has 22 heavy (non-hydrogen) atoms. The number of aliphatic hydroxyl groups is 1. The van der Waals surface area contributed by atoms with E-state index >= 15 is 0 Å². The first-order valence-electron chi connectivity index (χ1n) is 7.86. The van der Waals surface area contributed by atoms with Crippen LogP contribution in [0.1, 0.15) is 17.4 Å². The Morgan fingerprint density at radius 1 is 1.32 bits per heavy atom. The van der Waals surface area contributed by atoms with Crippen molar-refractivity contribution in [1.29, 1.82) is 0 Å². The lowest BCUT2D eigenvalue weighted by atomic mass is 10.1. The quantitative estimate of drug-likeness (QED) is 0.874. The van der Waals surface area contributed by atoms with E-state index in [1.165, 1.54) is 5.56 Å². The molecule has 0 amide bonds. The van der Waals surface area contributed by atoms with Crippen LogP contribution in [0.25, 0.3) is 0 Å². The summed E-state index contributed by atoms with van der Waals surface area (Å²) in [5.41, 5.74) is 1.19. The van der Waals surface area contributed by atoms with Crippen LogP contribution in [-0.2, 0) is 6.42 Å². The molecule has 5 heteroatoms. The predicted molar refractivity (Wildman–Crippen MR) is 86.6 cm³/mol. The Labute approximate surface area is 131 Å². The molecule has 0 aliphatic carbocycles. The van der Waals surface area contributed by atoms with Gasteiger partial charge in [0.05, 0.1) is 12.1 Å². The number of aromatic amines is 1. The maximum Gasteiger partial charge on any atom is 0.124 e. The molecule has 2 aromatic rings. The van der Waals surface area contributed by atoms with E-state index in [0.717, 1.165) is 25.5 Å². The number of piperazine rings is 1. The molecular weight excluding hydrogens is 276 g/mol. The topological polar surface area (TPSA) is 55.4 Å². The zero-order chi connectivity index (χ0) is 15.4. The van der Waals surface area contributed by atoms with E-state index in [0.29, 0.717) is 13.0 Å². The van der Waals surface area contributed by atoms with Crippen molar-refractivity contribution in [3.63, 3.8) is 0 Å². The summed E-state index contributed by atoms with van der Waals surface area (Å²) < 4.78 is 0. The third-order valence-corrected chi connectivity index (χ3v) is 4.35. The van der Waals surface area contributed by atoms with Crippen molar-refractivity contribution in [3.05, 3.63) is 54.1 Å². The normalized spacial score (nSPS) is 21.8. The molecule has 0 saturated carbocycles. The van der Waals surface area contributed by atoms with Crippen molar-refractivity contribution in [2.24, 2.45) is 0 Å². The standard InChI is InChI=1S/C17H24N4O/c1-20-9-10-21(13-16(20)17-18-7-8-19-17)12-15(22)11-14-5-3-2-4-6-14/h2-8,15-16,22H,9-13H2,1H3,(H,18,19)/t15-,16?/m1/s1. The number of β-amino-alcohol motifs (C(OH)–C–C–N with tert-alkyl or cyclic N) is 1. The van der Waals surface area contributed by atoms with Gasteiger partial charge >= 0.3 is 0 Å². The minimum atomic E-state index is -0.331. The van der Waals surface area contributed by atoms with E-state index in [9.17, 15) is 5.11 Å². The number of aliphatic hydroxyl groups excluding tert-OH is 1. The number of rotatable bonds is 5. The van der Waals surface area contributed by atoms with Gasteiger partial charge in [0.15, 0.2) is 0 Å². The van der Waals surface area contributed by atoms with Gasteiger partial charge in [0, 0.05) is 38.6 Å². The lowest BCUT2D eigenvalue weighted by Gasteiger charge is -2.39. The molecule has 1 aromatic carbocycles. The number of likely N-dealkylation sites (N-methyl/N-ethyl adjacent to an activating group) is 1. The average molecular weight is 300 g/mol. The summed E-state index contributed by atoms with van der Waals surface area (Å²) in [6, 6.07) is 10.4. The molecule has 118 valence electrons. The number of nitrogens with one attached hydrogen (secondary N) is 1. The molecule has 2 N–H and O–H groups in total. The van der Waals surface area contributed by atoms with E-state index in [4.69, 9.17) is 0 Å². The van der Waals surface area contributed by atoms with Crippen LogP contribution in [0.3, 0.4) is 0 Å². The first-order valence-corrected chi connectivity index (χ1v) is 7.86. The molecule has 1 saturated heterocycles. The Morgan fingerprint density at radius 3 is 2.86 bits per heavy atom. The van der Waals surface area contributed by atoms with Gasteiger partial charge in [0.25, 0.3) is 0 Å². The second-order valence-electron chi connectivity index (χ2n) is 6.07. The van der Waals surface area contributed by atoms with Crippen molar-refractivity contribution in [2.75, 3.05) is 33.2 Å². The first-order chi connectivity index (χ1) is 10.7. The minimum Gasteiger partial charge on any atom is -0.391 e. The van der Waals surface area contributed by atoms with Gasteiger partial charge in [-0.1, -0.05) is 30.3 Å². The molecule has 0 bridgehead atoms. The van der Waals surface area contributed by atoms with Crippen LogP contribution in [0, 0.1) is 0 Å². The molecule has 5 nitrogen and oxygen atoms in total. The van der Waals surface area contributed by atoms with Crippen LogP contribution in [0.15, 0.2) is 42.7 Å². The van der Waals surface area contributed by atoms with E-state index < -0.39 is 0 Å². The predicted octanol–water partition coefficient (Wildman–Crippen LogP) is 1.30. The SMILES string of the molecule is CN1CCN(C[C@H](O)Cc2ccccc2)CC1c1ncc[nH]1. The second kappa shape index (κ2) is 7.05. The van der Waals surface area contributed by atoms with Crippen molar-refractivity contribution in [1.82, 2.24) is 19.8 Å². The highest BCUT2D eigenvalue weighted by Crippen LogP contribution is 2.21. The van der Waals surface area contributed by atoms with Gasteiger partial charge in [0.1, 0.15) is 5.82 Å².